The summed E-state index contributed by atoms with van der Waals surface area (Å²) in [5.74, 6) is 1.02. The van der Waals surface area contributed by atoms with Crippen molar-refractivity contribution in [1.82, 2.24) is 4.98 Å². The van der Waals surface area contributed by atoms with Gasteiger partial charge in [0.15, 0.2) is 0 Å². The SMILES string of the molecule is CC1CCC(Nc2cc(C(=O)O)c3ccccc3n2)C1C. The summed E-state index contributed by atoms with van der Waals surface area (Å²) in [4.78, 5) is 16.0. The number of carboxylic acid groups (broad SMARTS) is 1. The molecule has 0 bridgehead atoms. The molecule has 0 spiro atoms. The molecular formula is C17H20N2O2. The molecule has 1 fully saturated rings. The zero-order chi connectivity index (χ0) is 15.0. The molecule has 0 saturated heterocycles. The zero-order valence-electron chi connectivity index (χ0n) is 12.3. The Kier molecular flexibility index (Phi) is 3.53. The van der Waals surface area contributed by atoms with Crippen LogP contribution in [-0.4, -0.2) is 22.1 Å². The van der Waals surface area contributed by atoms with Gasteiger partial charge in [-0.2, -0.15) is 0 Å². The minimum atomic E-state index is -0.913. The highest BCUT2D eigenvalue weighted by molar-refractivity contribution is 6.03. The van der Waals surface area contributed by atoms with Crippen molar-refractivity contribution in [3.63, 3.8) is 0 Å². The highest BCUT2D eigenvalue weighted by Gasteiger charge is 2.30. The quantitative estimate of drug-likeness (QED) is 0.900. The number of rotatable bonds is 3. The van der Waals surface area contributed by atoms with Crippen LogP contribution in [0.5, 0.6) is 0 Å². The van der Waals surface area contributed by atoms with E-state index in [0.717, 1.165) is 11.9 Å². The van der Waals surface area contributed by atoms with Crippen molar-refractivity contribution in [2.75, 3.05) is 5.32 Å². The summed E-state index contributed by atoms with van der Waals surface area (Å²) < 4.78 is 0. The van der Waals surface area contributed by atoms with Gasteiger partial charge in [0.2, 0.25) is 0 Å². The molecule has 4 heteroatoms. The second-order valence-corrected chi connectivity index (χ2v) is 6.04. The maximum atomic E-state index is 11.5. The first-order valence-electron chi connectivity index (χ1n) is 7.46. The second kappa shape index (κ2) is 5.35. The standard InChI is InChI=1S/C17H20N2O2/c1-10-7-8-14(11(10)2)18-16-9-13(17(20)21)12-5-3-4-6-15(12)19-16/h3-6,9-11,14H,7-8H2,1-2H3,(H,18,19)(H,20,21). The van der Waals surface area contributed by atoms with Crippen LogP contribution >= 0.6 is 0 Å². The van der Waals surface area contributed by atoms with E-state index in [9.17, 15) is 9.90 Å². The summed E-state index contributed by atoms with van der Waals surface area (Å²) >= 11 is 0. The van der Waals surface area contributed by atoms with Gasteiger partial charge in [0.25, 0.3) is 0 Å². The lowest BCUT2D eigenvalue weighted by Crippen LogP contribution is -2.24. The van der Waals surface area contributed by atoms with E-state index in [-0.39, 0.29) is 0 Å². The Morgan fingerprint density at radius 2 is 2.05 bits per heavy atom. The first kappa shape index (κ1) is 13.9. The molecule has 1 aliphatic carbocycles. The highest BCUT2D eigenvalue weighted by atomic mass is 16.4. The van der Waals surface area contributed by atoms with Crippen LogP contribution in [0.3, 0.4) is 0 Å². The molecule has 0 aliphatic heterocycles. The van der Waals surface area contributed by atoms with E-state index in [0.29, 0.717) is 34.6 Å². The van der Waals surface area contributed by atoms with Crippen LogP contribution in [0, 0.1) is 11.8 Å². The lowest BCUT2D eigenvalue weighted by atomic mass is 9.98. The summed E-state index contributed by atoms with van der Waals surface area (Å²) in [6.45, 7) is 4.51. The Bertz CT molecular complexity index is 684. The van der Waals surface area contributed by atoms with Crippen molar-refractivity contribution < 1.29 is 9.90 Å². The number of benzene rings is 1. The normalized spacial score (nSPS) is 25.1. The Morgan fingerprint density at radius 3 is 2.71 bits per heavy atom. The lowest BCUT2D eigenvalue weighted by Gasteiger charge is -2.20. The van der Waals surface area contributed by atoms with Gasteiger partial charge < -0.3 is 10.4 Å². The van der Waals surface area contributed by atoms with Crippen molar-refractivity contribution in [2.45, 2.75) is 32.7 Å². The maximum absolute atomic E-state index is 11.5. The summed E-state index contributed by atoms with van der Waals surface area (Å²) in [6.07, 6.45) is 2.32. The summed E-state index contributed by atoms with van der Waals surface area (Å²) in [5, 5.41) is 13.5. The average Bonchev–Trinajstić information content (AvgIpc) is 2.78. The van der Waals surface area contributed by atoms with Gasteiger partial charge in [0.05, 0.1) is 11.1 Å². The van der Waals surface area contributed by atoms with Gasteiger partial charge in [-0.1, -0.05) is 32.0 Å². The average molecular weight is 284 g/mol. The molecule has 110 valence electrons. The smallest absolute Gasteiger partial charge is 0.336 e. The Morgan fingerprint density at radius 1 is 1.29 bits per heavy atom. The number of fused-ring (bicyclic) bond motifs is 1. The van der Waals surface area contributed by atoms with Gasteiger partial charge in [0.1, 0.15) is 5.82 Å². The minimum absolute atomic E-state index is 0.307. The maximum Gasteiger partial charge on any atom is 0.336 e. The van der Waals surface area contributed by atoms with Crippen LogP contribution < -0.4 is 5.32 Å². The summed E-state index contributed by atoms with van der Waals surface area (Å²) in [7, 11) is 0. The predicted molar refractivity (Wildman–Crippen MR) is 83.7 cm³/mol. The van der Waals surface area contributed by atoms with Gasteiger partial charge >= 0.3 is 5.97 Å². The predicted octanol–water partition coefficient (Wildman–Crippen LogP) is 3.78. The Labute approximate surface area is 124 Å². The number of hydrogen-bond acceptors (Lipinski definition) is 3. The number of nitrogens with one attached hydrogen (secondary N) is 1. The third-order valence-corrected chi connectivity index (χ3v) is 4.75. The van der Waals surface area contributed by atoms with E-state index >= 15 is 0 Å². The van der Waals surface area contributed by atoms with E-state index < -0.39 is 5.97 Å². The third-order valence-electron chi connectivity index (χ3n) is 4.75. The van der Waals surface area contributed by atoms with E-state index in [1.54, 1.807) is 12.1 Å². The van der Waals surface area contributed by atoms with Crippen LogP contribution in [0.15, 0.2) is 30.3 Å². The third kappa shape index (κ3) is 2.58. The number of para-hydroxylation sites is 1. The molecule has 0 radical (unpaired) electrons. The van der Waals surface area contributed by atoms with Gasteiger partial charge in [-0.15, -0.1) is 0 Å². The van der Waals surface area contributed by atoms with Crippen molar-refractivity contribution in [1.29, 1.82) is 0 Å². The fourth-order valence-corrected chi connectivity index (χ4v) is 3.18. The van der Waals surface area contributed by atoms with Gasteiger partial charge in [0, 0.05) is 11.4 Å². The van der Waals surface area contributed by atoms with Crippen LogP contribution in [0.4, 0.5) is 5.82 Å². The molecule has 3 unspecified atom stereocenters. The largest absolute Gasteiger partial charge is 0.478 e. The van der Waals surface area contributed by atoms with Gasteiger partial charge in [-0.3, -0.25) is 0 Å². The van der Waals surface area contributed by atoms with Crippen LogP contribution in [0.1, 0.15) is 37.0 Å². The first-order valence-corrected chi connectivity index (χ1v) is 7.46. The van der Waals surface area contributed by atoms with Crippen molar-refractivity contribution in [3.8, 4) is 0 Å². The number of anilines is 1. The number of aromatic nitrogens is 1. The zero-order valence-corrected chi connectivity index (χ0v) is 12.3. The molecule has 1 aromatic heterocycles. The van der Waals surface area contributed by atoms with Crippen molar-refractivity contribution in [3.05, 3.63) is 35.9 Å². The number of pyridine rings is 1. The molecule has 3 rings (SSSR count). The summed E-state index contributed by atoms with van der Waals surface area (Å²) in [5.41, 5.74) is 1.03. The molecule has 2 N–H and O–H groups in total. The van der Waals surface area contributed by atoms with E-state index in [4.69, 9.17) is 0 Å². The summed E-state index contributed by atoms with van der Waals surface area (Å²) in [6, 6.07) is 9.40. The first-order chi connectivity index (χ1) is 10.1. The van der Waals surface area contributed by atoms with Crippen molar-refractivity contribution in [2.24, 2.45) is 11.8 Å². The molecular weight excluding hydrogens is 264 g/mol. The van der Waals surface area contributed by atoms with Crippen molar-refractivity contribution >= 4 is 22.7 Å². The fourth-order valence-electron chi connectivity index (χ4n) is 3.18. The Hall–Kier alpha value is -2.10. The number of carbonyl (C=O) groups is 1. The van der Waals surface area contributed by atoms with Gasteiger partial charge in [-0.05, 0) is 36.8 Å². The molecule has 4 nitrogen and oxygen atoms in total. The molecule has 1 aromatic carbocycles. The second-order valence-electron chi connectivity index (χ2n) is 6.04. The number of hydrogen-bond donors (Lipinski definition) is 2. The Balaban J connectivity index is 1.98. The fraction of sp³-hybridized carbons (Fsp3) is 0.412. The van der Waals surface area contributed by atoms with Crippen LogP contribution in [0.25, 0.3) is 10.9 Å². The number of nitrogens with zero attached hydrogens (tertiary/aromatic N) is 1. The van der Waals surface area contributed by atoms with E-state index in [1.807, 2.05) is 18.2 Å². The van der Waals surface area contributed by atoms with E-state index in [2.05, 4.69) is 24.1 Å². The molecule has 1 heterocycles. The monoisotopic (exact) mass is 284 g/mol. The number of carboxylic acids is 1. The van der Waals surface area contributed by atoms with Crippen LogP contribution in [-0.2, 0) is 0 Å². The molecule has 0 amide bonds. The molecule has 2 aromatic rings. The van der Waals surface area contributed by atoms with E-state index in [1.165, 1.54) is 6.42 Å². The minimum Gasteiger partial charge on any atom is -0.478 e. The molecule has 21 heavy (non-hydrogen) atoms. The van der Waals surface area contributed by atoms with Crippen LogP contribution in [0.2, 0.25) is 0 Å². The molecule has 1 saturated carbocycles. The van der Waals surface area contributed by atoms with Gasteiger partial charge in [-0.25, -0.2) is 9.78 Å². The lowest BCUT2D eigenvalue weighted by molar-refractivity contribution is 0.0699. The highest BCUT2D eigenvalue weighted by Crippen LogP contribution is 2.33. The number of aromatic carboxylic acids is 1. The topological polar surface area (TPSA) is 62.2 Å². The molecule has 1 aliphatic rings. The molecule has 3 atom stereocenters.